The average molecular weight is 405 g/mol. The summed E-state index contributed by atoms with van der Waals surface area (Å²) in [6.45, 7) is -0.134. The van der Waals surface area contributed by atoms with Crippen LogP contribution in [0.1, 0.15) is 47.1 Å². The third kappa shape index (κ3) is 3.60. The van der Waals surface area contributed by atoms with Crippen molar-refractivity contribution in [3.8, 4) is 0 Å². The number of esters is 1. The van der Waals surface area contributed by atoms with Gasteiger partial charge in [0.1, 0.15) is 0 Å². The Kier molecular flexibility index (Phi) is 5.05. The first-order valence-corrected chi connectivity index (χ1v) is 9.72. The Morgan fingerprint density at radius 2 is 1.59 bits per heavy atom. The largest absolute Gasteiger partial charge is 0.452 e. The van der Waals surface area contributed by atoms with Crippen LogP contribution < -0.4 is 5.32 Å². The molecule has 1 aromatic heterocycles. The van der Waals surface area contributed by atoms with Crippen molar-refractivity contribution in [3.05, 3.63) is 92.7 Å². The molecule has 144 valence electrons. The first-order chi connectivity index (χ1) is 14.1. The monoisotopic (exact) mass is 405 g/mol. The van der Waals surface area contributed by atoms with Crippen molar-refractivity contribution in [1.29, 1.82) is 0 Å². The van der Waals surface area contributed by atoms with Crippen LogP contribution in [0.3, 0.4) is 0 Å². The number of nitrogens with one attached hydrogen (secondary N) is 1. The maximum atomic E-state index is 12.9. The second-order valence-electron chi connectivity index (χ2n) is 6.36. The molecule has 0 aliphatic heterocycles. The molecule has 1 N–H and O–H groups in total. The van der Waals surface area contributed by atoms with Gasteiger partial charge in [0.05, 0.1) is 12.1 Å². The number of hydrogen-bond donors (Lipinski definition) is 1. The Labute approximate surface area is 170 Å². The van der Waals surface area contributed by atoms with Crippen LogP contribution >= 0.6 is 11.3 Å². The highest BCUT2D eigenvalue weighted by molar-refractivity contribution is 7.09. The van der Waals surface area contributed by atoms with Crippen LogP contribution in [-0.2, 0) is 16.1 Å². The number of ketones is 2. The van der Waals surface area contributed by atoms with Gasteiger partial charge < -0.3 is 10.1 Å². The Bertz CT molecular complexity index is 1130. The zero-order valence-electron chi connectivity index (χ0n) is 15.1. The molecule has 0 bridgehead atoms. The molecule has 0 saturated heterocycles. The Morgan fingerprint density at radius 3 is 2.31 bits per heavy atom. The molecule has 7 heteroatoms. The normalized spacial score (nSPS) is 12.1. The fourth-order valence-electron chi connectivity index (χ4n) is 3.17. The van der Waals surface area contributed by atoms with Gasteiger partial charge >= 0.3 is 5.97 Å². The first kappa shape index (κ1) is 18.8. The number of amides is 1. The number of thiophene rings is 1. The highest BCUT2D eigenvalue weighted by atomic mass is 32.1. The quantitative estimate of drug-likeness (QED) is 0.516. The van der Waals surface area contributed by atoms with Gasteiger partial charge in [-0.15, -0.1) is 11.3 Å². The number of carbonyl (C=O) groups is 4. The van der Waals surface area contributed by atoms with Crippen LogP contribution in [0.15, 0.2) is 60.0 Å². The van der Waals surface area contributed by atoms with E-state index in [2.05, 4.69) is 5.32 Å². The second kappa shape index (κ2) is 7.81. The molecule has 1 amide bonds. The predicted molar refractivity (Wildman–Crippen MR) is 106 cm³/mol. The lowest BCUT2D eigenvalue weighted by molar-refractivity contribution is -0.124. The maximum absolute atomic E-state index is 12.9. The van der Waals surface area contributed by atoms with Gasteiger partial charge in [0.25, 0.3) is 5.91 Å². The van der Waals surface area contributed by atoms with Crippen molar-refractivity contribution in [2.75, 3.05) is 6.61 Å². The van der Waals surface area contributed by atoms with Crippen molar-refractivity contribution in [3.63, 3.8) is 0 Å². The third-order valence-electron chi connectivity index (χ3n) is 4.55. The summed E-state index contributed by atoms with van der Waals surface area (Å²) in [7, 11) is 0. The number of ether oxygens (including phenoxy) is 1. The lowest BCUT2D eigenvalue weighted by Gasteiger charge is -2.19. The summed E-state index contributed by atoms with van der Waals surface area (Å²) in [5.41, 5.74) is 0.703. The number of hydrogen-bond acceptors (Lipinski definition) is 6. The standard InChI is InChI=1S/C22H15NO5S/c24-18(23-11-13-5-4-10-29-13)12-28-22(27)17-9-3-8-16-19(17)21(26)15-7-2-1-6-14(15)20(16)25/h1-10H,11-12H2,(H,23,24). The summed E-state index contributed by atoms with van der Waals surface area (Å²) in [5, 5.41) is 4.56. The summed E-state index contributed by atoms with van der Waals surface area (Å²) in [4.78, 5) is 51.1. The minimum atomic E-state index is -0.825. The molecule has 0 fully saturated rings. The van der Waals surface area contributed by atoms with Crippen molar-refractivity contribution in [2.24, 2.45) is 0 Å². The fraction of sp³-hybridized carbons (Fsp3) is 0.0909. The number of carbonyl (C=O) groups excluding carboxylic acids is 4. The van der Waals surface area contributed by atoms with Crippen LogP contribution in [0.5, 0.6) is 0 Å². The van der Waals surface area contributed by atoms with Gasteiger partial charge in [0.15, 0.2) is 18.2 Å². The molecule has 0 saturated carbocycles. The summed E-state index contributed by atoms with van der Waals surface area (Å²) in [6, 6.07) is 14.7. The molecular formula is C22H15NO5S. The van der Waals surface area contributed by atoms with E-state index < -0.39 is 24.3 Å². The average Bonchev–Trinajstić information content (AvgIpc) is 3.27. The minimum Gasteiger partial charge on any atom is -0.452 e. The topological polar surface area (TPSA) is 89.5 Å². The second-order valence-corrected chi connectivity index (χ2v) is 7.40. The molecule has 1 aliphatic rings. The van der Waals surface area contributed by atoms with Gasteiger partial charge in [-0.3, -0.25) is 14.4 Å². The molecule has 1 heterocycles. The Balaban J connectivity index is 1.51. The van der Waals surface area contributed by atoms with Gasteiger partial charge in [0.2, 0.25) is 0 Å². The van der Waals surface area contributed by atoms with Crippen molar-refractivity contribution >= 4 is 34.8 Å². The predicted octanol–water partition coefficient (Wildman–Crippen LogP) is 3.00. The zero-order chi connectivity index (χ0) is 20.4. The molecule has 0 radical (unpaired) electrons. The number of benzene rings is 2. The van der Waals surface area contributed by atoms with E-state index in [1.54, 1.807) is 24.3 Å². The van der Waals surface area contributed by atoms with Crippen LogP contribution in [0, 0.1) is 0 Å². The highest BCUT2D eigenvalue weighted by Crippen LogP contribution is 2.29. The van der Waals surface area contributed by atoms with E-state index in [1.165, 1.54) is 29.5 Å². The third-order valence-corrected chi connectivity index (χ3v) is 5.42. The van der Waals surface area contributed by atoms with Crippen molar-refractivity contribution in [2.45, 2.75) is 6.54 Å². The van der Waals surface area contributed by atoms with Crippen molar-refractivity contribution < 1.29 is 23.9 Å². The Morgan fingerprint density at radius 1 is 0.862 bits per heavy atom. The number of fused-ring (bicyclic) bond motifs is 2. The fourth-order valence-corrected chi connectivity index (χ4v) is 3.82. The van der Waals surface area contributed by atoms with Crippen LogP contribution in [0.4, 0.5) is 0 Å². The molecule has 0 atom stereocenters. The van der Waals surface area contributed by atoms with Gasteiger partial charge in [0, 0.05) is 27.1 Å². The summed E-state index contributed by atoms with van der Waals surface area (Å²) in [6.07, 6.45) is 0. The van der Waals surface area contributed by atoms with E-state index in [-0.39, 0.29) is 28.0 Å². The van der Waals surface area contributed by atoms with Gasteiger partial charge in [-0.1, -0.05) is 42.5 Å². The molecule has 29 heavy (non-hydrogen) atoms. The lowest BCUT2D eigenvalue weighted by Crippen LogP contribution is -2.29. The summed E-state index contributed by atoms with van der Waals surface area (Å²) < 4.78 is 5.09. The first-order valence-electron chi connectivity index (χ1n) is 8.84. The van der Waals surface area contributed by atoms with E-state index in [4.69, 9.17) is 4.74 Å². The van der Waals surface area contributed by atoms with E-state index in [9.17, 15) is 19.2 Å². The molecule has 1 aliphatic carbocycles. The highest BCUT2D eigenvalue weighted by Gasteiger charge is 2.33. The van der Waals surface area contributed by atoms with Crippen LogP contribution in [0.25, 0.3) is 0 Å². The summed E-state index contributed by atoms with van der Waals surface area (Å²) >= 11 is 1.50. The number of rotatable bonds is 5. The van der Waals surface area contributed by atoms with Crippen LogP contribution in [-0.4, -0.2) is 30.0 Å². The lowest BCUT2D eigenvalue weighted by atomic mass is 9.82. The molecule has 6 nitrogen and oxygen atoms in total. The van der Waals surface area contributed by atoms with E-state index >= 15 is 0 Å². The molecule has 4 rings (SSSR count). The van der Waals surface area contributed by atoms with Crippen LogP contribution in [0.2, 0.25) is 0 Å². The molecular weight excluding hydrogens is 390 g/mol. The molecule has 3 aromatic rings. The van der Waals surface area contributed by atoms with E-state index in [1.807, 2.05) is 17.5 Å². The Hall–Kier alpha value is -3.58. The minimum absolute atomic E-state index is 0.0141. The van der Waals surface area contributed by atoms with E-state index in [0.717, 1.165) is 4.88 Å². The SMILES string of the molecule is O=C(COC(=O)c1cccc2c1C(=O)c1ccccc1C2=O)NCc1cccs1. The molecule has 0 spiro atoms. The molecule has 2 aromatic carbocycles. The van der Waals surface area contributed by atoms with Gasteiger partial charge in [-0.25, -0.2) is 4.79 Å². The maximum Gasteiger partial charge on any atom is 0.339 e. The van der Waals surface area contributed by atoms with Crippen molar-refractivity contribution in [1.82, 2.24) is 5.32 Å². The smallest absolute Gasteiger partial charge is 0.339 e. The van der Waals surface area contributed by atoms with Gasteiger partial charge in [-0.05, 0) is 17.5 Å². The summed E-state index contributed by atoms with van der Waals surface area (Å²) in [5.74, 6) is -2.01. The molecule has 0 unspecified atom stereocenters. The zero-order valence-corrected chi connectivity index (χ0v) is 16.0. The van der Waals surface area contributed by atoms with E-state index in [0.29, 0.717) is 12.1 Å². The van der Waals surface area contributed by atoms with Gasteiger partial charge in [-0.2, -0.15) is 0 Å².